The fraction of sp³-hybridized carbons (Fsp3) is 0.938. The van der Waals surface area contributed by atoms with E-state index in [0.717, 1.165) is 6.54 Å². The Morgan fingerprint density at radius 1 is 1.38 bits per heavy atom. The summed E-state index contributed by atoms with van der Waals surface area (Å²) in [6, 6.07) is 0. The lowest BCUT2D eigenvalue weighted by atomic mass is 9.78. The molecule has 0 aliphatic heterocycles. The molecular formula is C16H32N2O3. The number of likely N-dealkylation sites (N-methyl/N-ethyl adjacent to an activating group) is 1. The van der Waals surface area contributed by atoms with Crippen molar-refractivity contribution in [3.8, 4) is 0 Å². The fourth-order valence-electron chi connectivity index (χ4n) is 2.59. The van der Waals surface area contributed by atoms with Crippen LogP contribution in [-0.4, -0.2) is 60.9 Å². The number of esters is 1. The molecule has 1 aliphatic carbocycles. The summed E-state index contributed by atoms with van der Waals surface area (Å²) in [6.07, 6.45) is 2.75. The maximum Gasteiger partial charge on any atom is 0.308 e. The lowest BCUT2D eigenvalue weighted by Crippen LogP contribution is -2.51. The molecule has 0 aromatic carbocycles. The Balaban J connectivity index is 2.36. The Hall–Kier alpha value is -0.650. The SMILES string of the molecule is CCOC(=O)C1CCC(O)(CNCC(C)(C)N(C)C)CC1. The minimum atomic E-state index is -0.689. The summed E-state index contributed by atoms with van der Waals surface area (Å²) in [4.78, 5) is 13.9. The molecular weight excluding hydrogens is 268 g/mol. The van der Waals surface area contributed by atoms with Gasteiger partial charge in [-0.25, -0.2) is 0 Å². The Labute approximate surface area is 129 Å². The zero-order valence-electron chi connectivity index (χ0n) is 14.2. The molecule has 0 unspecified atom stereocenters. The van der Waals surface area contributed by atoms with E-state index in [0.29, 0.717) is 38.8 Å². The molecule has 0 saturated heterocycles. The molecule has 2 N–H and O–H groups in total. The van der Waals surface area contributed by atoms with Gasteiger partial charge in [-0.3, -0.25) is 4.79 Å². The van der Waals surface area contributed by atoms with Crippen molar-refractivity contribution in [2.24, 2.45) is 5.92 Å². The van der Waals surface area contributed by atoms with Crippen LogP contribution in [0.4, 0.5) is 0 Å². The second kappa shape index (κ2) is 7.56. The first-order chi connectivity index (χ1) is 9.70. The van der Waals surface area contributed by atoms with Gasteiger partial charge in [0.1, 0.15) is 0 Å². The van der Waals surface area contributed by atoms with Gasteiger partial charge in [0, 0.05) is 18.6 Å². The second-order valence-corrected chi connectivity index (χ2v) is 7.06. The summed E-state index contributed by atoms with van der Waals surface area (Å²) >= 11 is 0. The van der Waals surface area contributed by atoms with E-state index < -0.39 is 5.60 Å². The van der Waals surface area contributed by atoms with Crippen molar-refractivity contribution >= 4 is 5.97 Å². The molecule has 0 spiro atoms. The average Bonchev–Trinajstić information content (AvgIpc) is 2.39. The van der Waals surface area contributed by atoms with E-state index in [9.17, 15) is 9.90 Å². The standard InChI is InChI=1S/C16H32N2O3/c1-6-21-14(19)13-7-9-16(20,10-8-13)12-17-11-15(2,3)18(4)5/h13,17,20H,6-12H2,1-5H3. The molecule has 5 nitrogen and oxygen atoms in total. The maximum absolute atomic E-state index is 11.7. The van der Waals surface area contributed by atoms with Crippen molar-refractivity contribution in [3.63, 3.8) is 0 Å². The zero-order valence-corrected chi connectivity index (χ0v) is 14.2. The van der Waals surface area contributed by atoms with Crippen LogP contribution in [0, 0.1) is 5.92 Å². The number of ether oxygens (including phenoxy) is 1. The third kappa shape index (κ3) is 5.57. The Bertz CT molecular complexity index is 334. The van der Waals surface area contributed by atoms with E-state index in [-0.39, 0.29) is 17.4 Å². The van der Waals surface area contributed by atoms with Crippen molar-refractivity contribution in [2.45, 2.75) is 57.6 Å². The summed E-state index contributed by atoms with van der Waals surface area (Å²) < 4.78 is 5.06. The molecule has 5 heteroatoms. The van der Waals surface area contributed by atoms with Crippen molar-refractivity contribution in [1.82, 2.24) is 10.2 Å². The monoisotopic (exact) mass is 300 g/mol. The van der Waals surface area contributed by atoms with Gasteiger partial charge in [-0.1, -0.05) is 0 Å². The van der Waals surface area contributed by atoms with Gasteiger partial charge in [0.2, 0.25) is 0 Å². The number of carbonyl (C=O) groups is 1. The number of nitrogens with one attached hydrogen (secondary N) is 1. The molecule has 0 amide bonds. The number of rotatable bonds is 7. The fourth-order valence-corrected chi connectivity index (χ4v) is 2.59. The van der Waals surface area contributed by atoms with Gasteiger partial charge in [0.15, 0.2) is 0 Å². The maximum atomic E-state index is 11.7. The van der Waals surface area contributed by atoms with Gasteiger partial charge in [-0.15, -0.1) is 0 Å². The molecule has 0 atom stereocenters. The molecule has 0 heterocycles. The van der Waals surface area contributed by atoms with Crippen LogP contribution in [0.2, 0.25) is 0 Å². The third-order valence-corrected chi connectivity index (χ3v) is 4.76. The highest BCUT2D eigenvalue weighted by Crippen LogP contribution is 2.32. The second-order valence-electron chi connectivity index (χ2n) is 7.06. The third-order valence-electron chi connectivity index (χ3n) is 4.76. The van der Waals surface area contributed by atoms with Gasteiger partial charge in [-0.2, -0.15) is 0 Å². The van der Waals surface area contributed by atoms with Crippen molar-refractivity contribution in [1.29, 1.82) is 0 Å². The molecule has 1 saturated carbocycles. The van der Waals surface area contributed by atoms with E-state index >= 15 is 0 Å². The molecule has 0 aromatic rings. The van der Waals surface area contributed by atoms with E-state index in [4.69, 9.17) is 4.74 Å². The van der Waals surface area contributed by atoms with Crippen LogP contribution in [-0.2, 0) is 9.53 Å². The number of hydrogen-bond donors (Lipinski definition) is 2. The molecule has 1 aliphatic rings. The van der Waals surface area contributed by atoms with Gasteiger partial charge in [-0.05, 0) is 60.5 Å². The van der Waals surface area contributed by atoms with Crippen LogP contribution in [0.5, 0.6) is 0 Å². The normalized spacial score (nSPS) is 26.9. The minimum absolute atomic E-state index is 0.0385. The summed E-state index contributed by atoms with van der Waals surface area (Å²) in [7, 11) is 4.11. The van der Waals surface area contributed by atoms with Gasteiger partial charge in [0.25, 0.3) is 0 Å². The first kappa shape index (κ1) is 18.4. The predicted octanol–water partition coefficient (Wildman–Crippen LogP) is 1.40. The summed E-state index contributed by atoms with van der Waals surface area (Å²) in [6.45, 7) is 8.00. The minimum Gasteiger partial charge on any atom is -0.466 e. The van der Waals surface area contributed by atoms with Gasteiger partial charge in [0.05, 0.1) is 18.1 Å². The van der Waals surface area contributed by atoms with Crippen LogP contribution < -0.4 is 5.32 Å². The van der Waals surface area contributed by atoms with Crippen LogP contribution >= 0.6 is 0 Å². The van der Waals surface area contributed by atoms with Crippen LogP contribution in [0.3, 0.4) is 0 Å². The van der Waals surface area contributed by atoms with Crippen molar-refractivity contribution in [2.75, 3.05) is 33.8 Å². The van der Waals surface area contributed by atoms with Gasteiger partial charge < -0.3 is 20.1 Å². The number of carbonyl (C=O) groups excluding carboxylic acids is 1. The lowest BCUT2D eigenvalue weighted by Gasteiger charge is -2.38. The van der Waals surface area contributed by atoms with E-state index in [1.807, 2.05) is 6.92 Å². The summed E-state index contributed by atoms with van der Waals surface area (Å²) in [5.41, 5.74) is -0.635. The Morgan fingerprint density at radius 3 is 2.43 bits per heavy atom. The molecule has 21 heavy (non-hydrogen) atoms. The van der Waals surface area contributed by atoms with E-state index in [2.05, 4.69) is 38.2 Å². The molecule has 0 bridgehead atoms. The summed E-state index contributed by atoms with van der Waals surface area (Å²) in [5.74, 6) is -0.148. The zero-order chi connectivity index (χ0) is 16.1. The largest absolute Gasteiger partial charge is 0.466 e. The average molecular weight is 300 g/mol. The number of hydrogen-bond acceptors (Lipinski definition) is 5. The van der Waals surface area contributed by atoms with E-state index in [1.54, 1.807) is 0 Å². The smallest absolute Gasteiger partial charge is 0.308 e. The lowest BCUT2D eigenvalue weighted by molar-refractivity contribution is -0.151. The quantitative estimate of drug-likeness (QED) is 0.696. The highest BCUT2D eigenvalue weighted by Gasteiger charge is 2.36. The highest BCUT2D eigenvalue weighted by atomic mass is 16.5. The summed E-state index contributed by atoms with van der Waals surface area (Å²) in [5, 5.41) is 14.0. The topological polar surface area (TPSA) is 61.8 Å². The molecule has 1 rings (SSSR count). The first-order valence-electron chi connectivity index (χ1n) is 7.97. The van der Waals surface area contributed by atoms with Crippen molar-refractivity contribution < 1.29 is 14.6 Å². The predicted molar refractivity (Wildman–Crippen MR) is 84.2 cm³/mol. The molecule has 1 fully saturated rings. The molecule has 0 aromatic heterocycles. The van der Waals surface area contributed by atoms with Gasteiger partial charge >= 0.3 is 5.97 Å². The van der Waals surface area contributed by atoms with E-state index in [1.165, 1.54) is 0 Å². The van der Waals surface area contributed by atoms with Crippen molar-refractivity contribution in [3.05, 3.63) is 0 Å². The van der Waals surface area contributed by atoms with Crippen LogP contribution in [0.1, 0.15) is 46.5 Å². The van der Waals surface area contributed by atoms with Crippen LogP contribution in [0.15, 0.2) is 0 Å². The van der Waals surface area contributed by atoms with Crippen LogP contribution in [0.25, 0.3) is 0 Å². The first-order valence-corrected chi connectivity index (χ1v) is 7.97. The number of aliphatic hydroxyl groups is 1. The Kier molecular flexibility index (Phi) is 6.63. The number of nitrogens with zero attached hydrogens (tertiary/aromatic N) is 1. The molecule has 124 valence electrons. The highest BCUT2D eigenvalue weighted by molar-refractivity contribution is 5.72. The molecule has 0 radical (unpaired) electrons. The Morgan fingerprint density at radius 2 is 1.95 bits per heavy atom.